The van der Waals surface area contributed by atoms with Crippen LogP contribution >= 0.6 is 0 Å². The zero-order valence-corrected chi connectivity index (χ0v) is 12.4. The molecule has 2 aromatic heterocycles. The zero-order chi connectivity index (χ0) is 14.8. The van der Waals surface area contributed by atoms with E-state index < -0.39 is 0 Å². The number of anilines is 2. The minimum atomic E-state index is 0.0922. The van der Waals surface area contributed by atoms with E-state index in [1.54, 1.807) is 0 Å². The first-order chi connectivity index (χ1) is 10.1. The number of nitrogens with two attached hydrogens (primary N) is 1. The molecule has 2 aromatic rings. The fraction of sp³-hybridized carbons (Fsp3) is 0.500. The van der Waals surface area contributed by atoms with E-state index in [9.17, 15) is 0 Å². The minimum absolute atomic E-state index is 0.0922. The van der Waals surface area contributed by atoms with Crippen molar-refractivity contribution in [1.82, 2.24) is 19.7 Å². The Kier molecular flexibility index (Phi) is 3.74. The molecule has 0 amide bonds. The molecule has 0 spiro atoms. The van der Waals surface area contributed by atoms with Crippen molar-refractivity contribution < 1.29 is 4.74 Å². The highest BCUT2D eigenvalue weighted by molar-refractivity contribution is 5.43. The van der Waals surface area contributed by atoms with Gasteiger partial charge in [-0.15, -0.1) is 0 Å². The van der Waals surface area contributed by atoms with Crippen LogP contribution in [0.5, 0.6) is 0 Å². The second-order valence-corrected chi connectivity index (χ2v) is 5.40. The van der Waals surface area contributed by atoms with Crippen molar-refractivity contribution in [2.45, 2.75) is 26.5 Å². The topological polar surface area (TPSA) is 82.1 Å². The molecule has 1 aliphatic heterocycles. The lowest BCUT2D eigenvalue weighted by Crippen LogP contribution is -2.44. The highest BCUT2D eigenvalue weighted by Gasteiger charge is 2.22. The molecule has 7 nitrogen and oxygen atoms in total. The minimum Gasteiger partial charge on any atom is -0.373 e. The summed E-state index contributed by atoms with van der Waals surface area (Å²) in [7, 11) is 0. The maximum Gasteiger partial charge on any atom is 0.222 e. The summed E-state index contributed by atoms with van der Waals surface area (Å²) in [6.07, 6.45) is 3.97. The van der Waals surface area contributed by atoms with Crippen molar-refractivity contribution in [3.63, 3.8) is 0 Å². The van der Waals surface area contributed by atoms with Crippen LogP contribution in [-0.2, 0) is 11.3 Å². The summed E-state index contributed by atoms with van der Waals surface area (Å²) in [6, 6.07) is 1.96. The first-order valence-electron chi connectivity index (χ1n) is 7.07. The molecule has 112 valence electrons. The normalized spacial score (nSPS) is 19.0. The molecular formula is C14H20N6O. The van der Waals surface area contributed by atoms with Gasteiger partial charge in [-0.25, -0.2) is 4.98 Å². The fourth-order valence-electron chi connectivity index (χ4n) is 2.55. The Labute approximate surface area is 123 Å². The Morgan fingerprint density at radius 1 is 1.38 bits per heavy atom. The lowest BCUT2D eigenvalue weighted by molar-refractivity contribution is 0.0272. The van der Waals surface area contributed by atoms with E-state index in [4.69, 9.17) is 10.5 Å². The van der Waals surface area contributed by atoms with Crippen LogP contribution in [0.15, 0.2) is 18.5 Å². The summed E-state index contributed by atoms with van der Waals surface area (Å²) >= 11 is 0. The maximum atomic E-state index is 5.83. The van der Waals surface area contributed by atoms with E-state index in [1.165, 1.54) is 0 Å². The third-order valence-electron chi connectivity index (χ3n) is 3.47. The van der Waals surface area contributed by atoms with Gasteiger partial charge in [-0.1, -0.05) is 0 Å². The summed E-state index contributed by atoms with van der Waals surface area (Å²) in [5.74, 6) is 1.18. The molecule has 0 unspecified atom stereocenters. The number of aromatic nitrogens is 4. The Morgan fingerprint density at radius 2 is 2.24 bits per heavy atom. The van der Waals surface area contributed by atoms with Crippen LogP contribution < -0.4 is 10.6 Å². The van der Waals surface area contributed by atoms with E-state index in [1.807, 2.05) is 37.0 Å². The van der Waals surface area contributed by atoms with Gasteiger partial charge in [-0.3, -0.25) is 4.68 Å². The Balaban J connectivity index is 1.70. The van der Waals surface area contributed by atoms with Crippen molar-refractivity contribution in [1.29, 1.82) is 0 Å². The SMILES string of the molecule is Cc1cnn(C[C@H]2CN(c3cc(C)nc(N)n3)CCO2)c1. The van der Waals surface area contributed by atoms with Crippen LogP contribution in [0.4, 0.5) is 11.8 Å². The van der Waals surface area contributed by atoms with Crippen molar-refractivity contribution >= 4 is 11.8 Å². The summed E-state index contributed by atoms with van der Waals surface area (Å²) in [5, 5.41) is 4.31. The van der Waals surface area contributed by atoms with Crippen LogP contribution in [-0.4, -0.2) is 45.5 Å². The number of ether oxygens (including phenoxy) is 1. The molecule has 21 heavy (non-hydrogen) atoms. The number of nitrogen functional groups attached to an aromatic ring is 1. The van der Waals surface area contributed by atoms with E-state index in [-0.39, 0.29) is 6.10 Å². The average Bonchev–Trinajstić information content (AvgIpc) is 2.83. The van der Waals surface area contributed by atoms with Crippen LogP contribution in [0.1, 0.15) is 11.3 Å². The molecule has 1 fully saturated rings. The van der Waals surface area contributed by atoms with Gasteiger partial charge in [0.2, 0.25) is 5.95 Å². The van der Waals surface area contributed by atoms with Crippen LogP contribution in [0, 0.1) is 13.8 Å². The van der Waals surface area contributed by atoms with Crippen LogP contribution in [0.3, 0.4) is 0 Å². The Morgan fingerprint density at radius 3 is 2.95 bits per heavy atom. The molecular weight excluding hydrogens is 268 g/mol. The summed E-state index contributed by atoms with van der Waals surface area (Å²) in [6.45, 7) is 6.95. The highest BCUT2D eigenvalue weighted by Crippen LogP contribution is 2.17. The Hall–Kier alpha value is -2.15. The molecule has 3 heterocycles. The van der Waals surface area contributed by atoms with E-state index in [0.717, 1.165) is 36.7 Å². The molecule has 1 saturated heterocycles. The van der Waals surface area contributed by atoms with E-state index in [2.05, 4.69) is 20.0 Å². The molecule has 0 aliphatic carbocycles. The fourth-order valence-corrected chi connectivity index (χ4v) is 2.55. The quantitative estimate of drug-likeness (QED) is 0.898. The van der Waals surface area contributed by atoms with Gasteiger partial charge in [0, 0.05) is 31.0 Å². The summed E-state index contributed by atoms with van der Waals surface area (Å²) < 4.78 is 7.75. The molecule has 1 atom stereocenters. The number of hydrogen-bond donors (Lipinski definition) is 1. The maximum absolute atomic E-state index is 5.83. The predicted molar refractivity (Wildman–Crippen MR) is 80.1 cm³/mol. The van der Waals surface area contributed by atoms with Gasteiger partial charge in [-0.05, 0) is 19.4 Å². The highest BCUT2D eigenvalue weighted by atomic mass is 16.5. The van der Waals surface area contributed by atoms with Gasteiger partial charge in [0.1, 0.15) is 5.82 Å². The van der Waals surface area contributed by atoms with Crippen molar-refractivity contribution in [3.8, 4) is 0 Å². The van der Waals surface area contributed by atoms with Gasteiger partial charge < -0.3 is 15.4 Å². The number of aryl methyl sites for hydroxylation is 2. The molecule has 2 N–H and O–H groups in total. The molecule has 7 heteroatoms. The smallest absolute Gasteiger partial charge is 0.222 e. The van der Waals surface area contributed by atoms with Gasteiger partial charge in [0.15, 0.2) is 0 Å². The monoisotopic (exact) mass is 288 g/mol. The summed E-state index contributed by atoms with van der Waals surface area (Å²) in [4.78, 5) is 10.6. The molecule has 1 aliphatic rings. The summed E-state index contributed by atoms with van der Waals surface area (Å²) in [5.41, 5.74) is 7.77. The number of morpholine rings is 1. The number of hydrogen-bond acceptors (Lipinski definition) is 6. The van der Waals surface area contributed by atoms with Gasteiger partial charge in [0.05, 0.1) is 25.5 Å². The standard InChI is InChI=1S/C14H20N6O/c1-10-6-16-20(7-10)9-12-8-19(3-4-21-12)13-5-11(2)17-14(15)18-13/h5-7,12H,3-4,8-9H2,1-2H3,(H2,15,17,18)/t12-/m1/s1. The molecule has 0 radical (unpaired) electrons. The van der Waals surface area contributed by atoms with Crippen molar-refractivity contribution in [2.24, 2.45) is 0 Å². The van der Waals surface area contributed by atoms with Crippen LogP contribution in [0.25, 0.3) is 0 Å². The number of nitrogens with zero attached hydrogens (tertiary/aromatic N) is 5. The Bertz CT molecular complexity index is 605. The second kappa shape index (κ2) is 5.69. The molecule has 3 rings (SSSR count). The first kappa shape index (κ1) is 13.8. The number of rotatable bonds is 3. The third-order valence-corrected chi connectivity index (χ3v) is 3.47. The van der Waals surface area contributed by atoms with Crippen LogP contribution in [0.2, 0.25) is 0 Å². The predicted octanol–water partition coefficient (Wildman–Crippen LogP) is 0.778. The van der Waals surface area contributed by atoms with E-state index >= 15 is 0 Å². The first-order valence-corrected chi connectivity index (χ1v) is 7.07. The lowest BCUT2D eigenvalue weighted by atomic mass is 10.2. The largest absolute Gasteiger partial charge is 0.373 e. The van der Waals surface area contributed by atoms with Gasteiger partial charge >= 0.3 is 0 Å². The zero-order valence-electron chi connectivity index (χ0n) is 12.4. The molecule has 0 aromatic carbocycles. The third kappa shape index (κ3) is 3.30. The molecule has 0 saturated carbocycles. The molecule has 0 bridgehead atoms. The lowest BCUT2D eigenvalue weighted by Gasteiger charge is -2.33. The van der Waals surface area contributed by atoms with Gasteiger partial charge in [0.25, 0.3) is 0 Å². The average molecular weight is 288 g/mol. The van der Waals surface area contributed by atoms with E-state index in [0.29, 0.717) is 12.6 Å². The van der Waals surface area contributed by atoms with Crippen molar-refractivity contribution in [3.05, 3.63) is 29.7 Å². The second-order valence-electron chi connectivity index (χ2n) is 5.40. The van der Waals surface area contributed by atoms with Crippen molar-refractivity contribution in [2.75, 3.05) is 30.3 Å². The van der Waals surface area contributed by atoms with Gasteiger partial charge in [-0.2, -0.15) is 10.1 Å².